The molecule has 1 aromatic rings. The minimum Gasteiger partial charge on any atom is -0.388 e. The summed E-state index contributed by atoms with van der Waals surface area (Å²) in [6.45, 7) is 2.01. The number of aliphatic hydroxyl groups excluding tert-OH is 1. The molecule has 0 aliphatic carbocycles. The molecule has 1 aromatic carbocycles. The molecule has 0 aliphatic heterocycles. The molecule has 0 aromatic heterocycles. The molecule has 65 valence electrons. The van der Waals surface area contributed by atoms with Gasteiger partial charge in [-0.05, 0) is 24.8 Å². The Morgan fingerprint density at radius 2 is 2.00 bits per heavy atom. The van der Waals surface area contributed by atoms with Crippen LogP contribution in [-0.2, 0) is 0 Å². The zero-order valence-corrected chi connectivity index (χ0v) is 7.40. The van der Waals surface area contributed by atoms with Crippen LogP contribution >= 0.6 is 0 Å². The molecule has 0 spiro atoms. The monoisotopic (exact) mass is 163 g/mol. The van der Waals surface area contributed by atoms with Crippen LogP contribution in [0.4, 0.5) is 0 Å². The third kappa shape index (κ3) is 2.67. The van der Waals surface area contributed by atoms with Gasteiger partial charge in [0.1, 0.15) is 0 Å². The van der Waals surface area contributed by atoms with Crippen LogP contribution in [0.2, 0.25) is 0 Å². The number of unbranched alkanes of at least 4 members (excludes halogenated alkanes) is 1. The molecule has 1 nitrogen and oxygen atoms in total. The Labute approximate surface area is 74.1 Å². The van der Waals surface area contributed by atoms with Crippen LogP contribution in [-0.4, -0.2) is 5.11 Å². The summed E-state index contributed by atoms with van der Waals surface area (Å²) in [4.78, 5) is 0. The van der Waals surface area contributed by atoms with Gasteiger partial charge >= 0.3 is 0 Å². The molecule has 1 heteroatoms. The Kier molecular flexibility index (Phi) is 3.81. The number of benzene rings is 1. The third-order valence-electron chi connectivity index (χ3n) is 1.91. The average Bonchev–Trinajstić information content (AvgIpc) is 2.15. The van der Waals surface area contributed by atoms with E-state index in [-0.39, 0.29) is 6.10 Å². The molecule has 12 heavy (non-hydrogen) atoms. The van der Waals surface area contributed by atoms with Crippen molar-refractivity contribution >= 4 is 0 Å². The summed E-state index contributed by atoms with van der Waals surface area (Å²) in [5, 5.41) is 9.63. The van der Waals surface area contributed by atoms with E-state index in [0.717, 1.165) is 18.4 Å². The van der Waals surface area contributed by atoms with E-state index in [9.17, 15) is 5.11 Å². The first-order chi connectivity index (χ1) is 5.84. The van der Waals surface area contributed by atoms with E-state index in [1.165, 1.54) is 0 Å². The fraction of sp³-hybridized carbons (Fsp3) is 0.364. The number of hydrogen-bond acceptors (Lipinski definition) is 1. The van der Waals surface area contributed by atoms with Gasteiger partial charge in [-0.1, -0.05) is 37.3 Å². The van der Waals surface area contributed by atoms with E-state index in [2.05, 4.69) is 6.42 Å². The molecule has 0 saturated carbocycles. The standard InChI is InChI=1S/C11H15O/c1-2-3-9-11(12)10-7-5-4-6-8-10/h2,4-8,11-12H,3,9H2,1H3/t11-/m1/s1. The highest BCUT2D eigenvalue weighted by Gasteiger charge is 2.04. The number of hydrogen-bond donors (Lipinski definition) is 1. The van der Waals surface area contributed by atoms with Gasteiger partial charge in [0.2, 0.25) is 0 Å². The van der Waals surface area contributed by atoms with Gasteiger partial charge in [-0.15, -0.1) is 0 Å². The van der Waals surface area contributed by atoms with E-state index in [4.69, 9.17) is 0 Å². The van der Waals surface area contributed by atoms with E-state index in [0.29, 0.717) is 0 Å². The topological polar surface area (TPSA) is 20.2 Å². The van der Waals surface area contributed by atoms with Gasteiger partial charge in [0, 0.05) is 0 Å². The smallest absolute Gasteiger partial charge is 0.0790 e. The van der Waals surface area contributed by atoms with Crippen LogP contribution in [0.25, 0.3) is 0 Å². The van der Waals surface area contributed by atoms with Gasteiger partial charge in [0.15, 0.2) is 0 Å². The molecule has 1 N–H and O–H groups in total. The van der Waals surface area contributed by atoms with Crippen molar-refractivity contribution in [1.29, 1.82) is 0 Å². The van der Waals surface area contributed by atoms with Crippen molar-refractivity contribution in [2.45, 2.75) is 25.9 Å². The SMILES string of the molecule is C[CH]CC[C@@H](O)c1ccccc1. The second-order valence-corrected chi connectivity index (χ2v) is 2.91. The Balaban J connectivity index is 2.48. The summed E-state index contributed by atoms with van der Waals surface area (Å²) >= 11 is 0. The maximum Gasteiger partial charge on any atom is 0.0790 e. The zero-order valence-electron chi connectivity index (χ0n) is 7.40. The number of rotatable bonds is 4. The van der Waals surface area contributed by atoms with Crippen molar-refractivity contribution in [2.75, 3.05) is 0 Å². The molecule has 0 saturated heterocycles. The van der Waals surface area contributed by atoms with Crippen LogP contribution in [0.1, 0.15) is 31.4 Å². The Bertz CT molecular complexity index is 206. The third-order valence-corrected chi connectivity index (χ3v) is 1.91. The van der Waals surface area contributed by atoms with Crippen molar-refractivity contribution in [1.82, 2.24) is 0 Å². The maximum absolute atomic E-state index is 9.63. The highest BCUT2D eigenvalue weighted by Crippen LogP contribution is 2.17. The highest BCUT2D eigenvalue weighted by atomic mass is 16.3. The number of aliphatic hydroxyl groups is 1. The second-order valence-electron chi connectivity index (χ2n) is 2.91. The van der Waals surface area contributed by atoms with Crippen LogP contribution in [0.5, 0.6) is 0 Å². The lowest BCUT2D eigenvalue weighted by Crippen LogP contribution is -1.96. The fourth-order valence-electron chi connectivity index (χ4n) is 1.17. The van der Waals surface area contributed by atoms with Gasteiger partial charge in [-0.3, -0.25) is 0 Å². The van der Waals surface area contributed by atoms with E-state index in [1.54, 1.807) is 0 Å². The minimum atomic E-state index is -0.303. The fourth-order valence-corrected chi connectivity index (χ4v) is 1.17. The highest BCUT2D eigenvalue weighted by molar-refractivity contribution is 5.17. The van der Waals surface area contributed by atoms with Crippen molar-refractivity contribution in [3.63, 3.8) is 0 Å². The predicted octanol–water partition coefficient (Wildman–Crippen LogP) is 2.72. The molecule has 1 rings (SSSR count). The average molecular weight is 163 g/mol. The van der Waals surface area contributed by atoms with Gasteiger partial charge in [-0.2, -0.15) is 0 Å². The molecule has 1 atom stereocenters. The van der Waals surface area contributed by atoms with Gasteiger partial charge < -0.3 is 5.11 Å². The molecule has 0 fully saturated rings. The van der Waals surface area contributed by atoms with Crippen molar-refractivity contribution < 1.29 is 5.11 Å². The normalized spacial score (nSPS) is 12.8. The van der Waals surface area contributed by atoms with Crippen molar-refractivity contribution in [3.8, 4) is 0 Å². The zero-order chi connectivity index (χ0) is 8.81. The van der Waals surface area contributed by atoms with Gasteiger partial charge in [-0.25, -0.2) is 0 Å². The summed E-state index contributed by atoms with van der Waals surface area (Å²) in [5.41, 5.74) is 1.01. The lowest BCUT2D eigenvalue weighted by Gasteiger charge is -2.08. The van der Waals surface area contributed by atoms with Crippen molar-refractivity contribution in [2.24, 2.45) is 0 Å². The quantitative estimate of drug-likeness (QED) is 0.723. The summed E-state index contributed by atoms with van der Waals surface area (Å²) in [7, 11) is 0. The minimum absolute atomic E-state index is 0.303. The van der Waals surface area contributed by atoms with E-state index < -0.39 is 0 Å². The van der Waals surface area contributed by atoms with Crippen LogP contribution < -0.4 is 0 Å². The first-order valence-corrected chi connectivity index (χ1v) is 4.35. The van der Waals surface area contributed by atoms with Crippen LogP contribution in [0, 0.1) is 6.42 Å². The van der Waals surface area contributed by atoms with Gasteiger partial charge in [0.25, 0.3) is 0 Å². The first-order valence-electron chi connectivity index (χ1n) is 4.35. The second kappa shape index (κ2) is 4.94. The molecular weight excluding hydrogens is 148 g/mol. The van der Waals surface area contributed by atoms with Crippen LogP contribution in [0.3, 0.4) is 0 Å². The molecule has 0 bridgehead atoms. The largest absolute Gasteiger partial charge is 0.388 e. The summed E-state index contributed by atoms with van der Waals surface area (Å²) < 4.78 is 0. The summed E-state index contributed by atoms with van der Waals surface area (Å²) in [6, 6.07) is 9.78. The molecule has 0 heterocycles. The molecule has 1 radical (unpaired) electrons. The molecule has 0 aliphatic rings. The van der Waals surface area contributed by atoms with Crippen molar-refractivity contribution in [3.05, 3.63) is 42.3 Å². The molecule has 0 unspecified atom stereocenters. The Morgan fingerprint density at radius 1 is 1.33 bits per heavy atom. The lowest BCUT2D eigenvalue weighted by molar-refractivity contribution is 0.167. The molecular formula is C11H15O. The first kappa shape index (κ1) is 9.27. The summed E-state index contributed by atoms with van der Waals surface area (Å²) in [5.74, 6) is 0. The predicted molar refractivity (Wildman–Crippen MR) is 50.6 cm³/mol. The maximum atomic E-state index is 9.63. The lowest BCUT2D eigenvalue weighted by atomic mass is 10.0. The summed E-state index contributed by atoms with van der Waals surface area (Å²) in [6.07, 6.45) is 3.56. The molecule has 0 amide bonds. The van der Waals surface area contributed by atoms with E-state index >= 15 is 0 Å². The van der Waals surface area contributed by atoms with E-state index in [1.807, 2.05) is 37.3 Å². The Hall–Kier alpha value is -0.820. The Morgan fingerprint density at radius 3 is 2.58 bits per heavy atom. The van der Waals surface area contributed by atoms with Gasteiger partial charge in [0.05, 0.1) is 6.10 Å². The van der Waals surface area contributed by atoms with Crippen LogP contribution in [0.15, 0.2) is 30.3 Å².